The summed E-state index contributed by atoms with van der Waals surface area (Å²) >= 11 is 7.45. The number of nitrogens with one attached hydrogen (secondary N) is 1. The monoisotopic (exact) mass is 334 g/mol. The van der Waals surface area contributed by atoms with Crippen molar-refractivity contribution in [2.24, 2.45) is 5.92 Å². The maximum atomic E-state index is 12.5. The van der Waals surface area contributed by atoms with E-state index in [1.807, 2.05) is 37.4 Å². The molecule has 5 heteroatoms. The van der Waals surface area contributed by atoms with Gasteiger partial charge in [0.05, 0.1) is 16.9 Å². The molecule has 1 aliphatic rings. The van der Waals surface area contributed by atoms with Crippen LogP contribution in [-0.4, -0.2) is 18.0 Å². The van der Waals surface area contributed by atoms with Gasteiger partial charge in [-0.05, 0) is 36.5 Å². The first-order valence-electron chi connectivity index (χ1n) is 7.44. The van der Waals surface area contributed by atoms with Gasteiger partial charge in [0.1, 0.15) is 0 Å². The van der Waals surface area contributed by atoms with E-state index in [2.05, 4.69) is 17.4 Å². The second kappa shape index (κ2) is 6.71. The van der Waals surface area contributed by atoms with Crippen molar-refractivity contribution in [3.8, 4) is 0 Å². The Kier molecular flexibility index (Phi) is 4.69. The Balaban J connectivity index is 1.63. The Labute approximate surface area is 139 Å². The zero-order valence-corrected chi connectivity index (χ0v) is 14.0. The Bertz CT molecular complexity index is 639. The van der Waals surface area contributed by atoms with Crippen LogP contribution in [0.15, 0.2) is 42.5 Å². The van der Waals surface area contributed by atoms with E-state index in [0.29, 0.717) is 12.5 Å². The summed E-state index contributed by atoms with van der Waals surface area (Å²) in [5.74, 6) is 0.566. The summed E-state index contributed by atoms with van der Waals surface area (Å²) in [7, 11) is 1.82. The average molecular weight is 335 g/mol. The summed E-state index contributed by atoms with van der Waals surface area (Å²) in [6.07, 6.45) is 2.37. The second-order valence-corrected chi connectivity index (χ2v) is 7.54. The van der Waals surface area contributed by atoms with Gasteiger partial charge in [-0.2, -0.15) is 0 Å². The van der Waals surface area contributed by atoms with Gasteiger partial charge in [0, 0.05) is 11.9 Å². The van der Waals surface area contributed by atoms with Gasteiger partial charge in [-0.25, -0.2) is 4.79 Å². The highest BCUT2D eigenvalue weighted by Gasteiger charge is 2.33. The zero-order valence-electron chi connectivity index (χ0n) is 12.5. The van der Waals surface area contributed by atoms with E-state index in [1.165, 1.54) is 29.7 Å². The van der Waals surface area contributed by atoms with E-state index >= 15 is 0 Å². The van der Waals surface area contributed by atoms with Crippen LogP contribution in [0.2, 0.25) is 4.34 Å². The smallest absolute Gasteiger partial charge is 0.317 e. The van der Waals surface area contributed by atoms with Gasteiger partial charge < -0.3 is 10.2 Å². The molecule has 1 aromatic carbocycles. The van der Waals surface area contributed by atoms with Gasteiger partial charge in [-0.15, -0.1) is 11.3 Å². The van der Waals surface area contributed by atoms with Crippen LogP contribution < -0.4 is 5.32 Å². The van der Waals surface area contributed by atoms with Crippen molar-refractivity contribution in [3.63, 3.8) is 0 Å². The normalized spacial score (nSPS) is 15.4. The van der Waals surface area contributed by atoms with E-state index in [0.717, 1.165) is 9.21 Å². The first-order chi connectivity index (χ1) is 10.6. The average Bonchev–Trinajstić information content (AvgIpc) is 3.28. The Morgan fingerprint density at radius 3 is 2.64 bits per heavy atom. The molecule has 1 aliphatic carbocycles. The first-order valence-corrected chi connectivity index (χ1v) is 8.63. The van der Waals surface area contributed by atoms with Crippen molar-refractivity contribution in [1.29, 1.82) is 0 Å². The number of carbonyl (C=O) groups is 1. The van der Waals surface area contributed by atoms with Crippen molar-refractivity contribution in [2.75, 3.05) is 7.05 Å². The molecular weight excluding hydrogens is 316 g/mol. The fraction of sp³-hybridized carbons (Fsp3) is 0.353. The number of nitrogens with zero attached hydrogens (tertiary/aromatic N) is 1. The lowest BCUT2D eigenvalue weighted by atomic mass is 10.0. The molecule has 2 aromatic rings. The van der Waals surface area contributed by atoms with Crippen LogP contribution in [0.25, 0.3) is 0 Å². The van der Waals surface area contributed by atoms with Gasteiger partial charge >= 0.3 is 6.03 Å². The molecule has 0 aliphatic heterocycles. The molecule has 22 heavy (non-hydrogen) atoms. The summed E-state index contributed by atoms with van der Waals surface area (Å²) in [5, 5.41) is 3.18. The van der Waals surface area contributed by atoms with Crippen LogP contribution in [0.4, 0.5) is 4.79 Å². The summed E-state index contributed by atoms with van der Waals surface area (Å²) in [5.41, 5.74) is 1.19. The highest BCUT2D eigenvalue weighted by Crippen LogP contribution is 2.41. The largest absolute Gasteiger partial charge is 0.331 e. The van der Waals surface area contributed by atoms with E-state index < -0.39 is 0 Å². The summed E-state index contributed by atoms with van der Waals surface area (Å²) < 4.78 is 0.754. The van der Waals surface area contributed by atoms with Crippen LogP contribution in [0, 0.1) is 5.92 Å². The highest BCUT2D eigenvalue weighted by molar-refractivity contribution is 7.16. The molecule has 1 atom stereocenters. The van der Waals surface area contributed by atoms with Crippen molar-refractivity contribution >= 4 is 29.0 Å². The summed E-state index contributed by atoms with van der Waals surface area (Å²) in [4.78, 5) is 15.3. The topological polar surface area (TPSA) is 32.3 Å². The van der Waals surface area contributed by atoms with Crippen molar-refractivity contribution in [3.05, 3.63) is 57.2 Å². The molecule has 1 aromatic heterocycles. The van der Waals surface area contributed by atoms with Gasteiger partial charge in [0.2, 0.25) is 0 Å². The minimum Gasteiger partial charge on any atom is -0.331 e. The Hall–Kier alpha value is -1.52. The fourth-order valence-corrected chi connectivity index (χ4v) is 3.69. The maximum absolute atomic E-state index is 12.5. The predicted molar refractivity (Wildman–Crippen MR) is 91.2 cm³/mol. The fourth-order valence-electron chi connectivity index (χ4n) is 2.55. The maximum Gasteiger partial charge on any atom is 0.317 e. The minimum absolute atomic E-state index is 0.0368. The molecular formula is C17H19ClN2OS. The minimum atomic E-state index is -0.0368. The molecule has 1 fully saturated rings. The van der Waals surface area contributed by atoms with E-state index in [-0.39, 0.29) is 12.1 Å². The number of carbonyl (C=O) groups excluding carboxylic acids is 1. The molecule has 3 nitrogen and oxygen atoms in total. The number of amides is 2. The van der Waals surface area contributed by atoms with Gasteiger partial charge in [-0.1, -0.05) is 41.9 Å². The Morgan fingerprint density at radius 2 is 2.05 bits per heavy atom. The second-order valence-electron chi connectivity index (χ2n) is 5.74. The van der Waals surface area contributed by atoms with Crippen LogP contribution in [-0.2, 0) is 6.54 Å². The Morgan fingerprint density at radius 1 is 1.32 bits per heavy atom. The standard InChI is InChI=1S/C17H19ClN2OS/c1-20(11-14-9-10-15(18)22-14)17(21)19-16(13-7-8-13)12-5-3-2-4-6-12/h2-6,9-10,13,16H,7-8,11H2,1H3,(H,19,21). The highest BCUT2D eigenvalue weighted by atomic mass is 35.5. The molecule has 1 N–H and O–H groups in total. The SMILES string of the molecule is CN(Cc1ccc(Cl)s1)C(=O)NC(c1ccccc1)C1CC1. The lowest BCUT2D eigenvalue weighted by molar-refractivity contribution is 0.201. The van der Waals surface area contributed by atoms with Crippen LogP contribution >= 0.6 is 22.9 Å². The number of halogens is 1. The van der Waals surface area contributed by atoms with Crippen LogP contribution in [0.3, 0.4) is 0 Å². The van der Waals surface area contributed by atoms with Crippen molar-refractivity contribution in [1.82, 2.24) is 10.2 Å². The van der Waals surface area contributed by atoms with Gasteiger partial charge in [-0.3, -0.25) is 0 Å². The quantitative estimate of drug-likeness (QED) is 0.845. The van der Waals surface area contributed by atoms with Crippen LogP contribution in [0.1, 0.15) is 29.3 Å². The number of benzene rings is 1. The summed E-state index contributed by atoms with van der Waals surface area (Å²) in [6.45, 7) is 0.579. The lowest BCUT2D eigenvalue weighted by Crippen LogP contribution is -2.39. The number of hydrogen-bond acceptors (Lipinski definition) is 2. The third kappa shape index (κ3) is 3.81. The van der Waals surface area contributed by atoms with E-state index in [1.54, 1.807) is 4.90 Å². The molecule has 0 spiro atoms. The molecule has 1 heterocycles. The molecule has 0 saturated heterocycles. The molecule has 1 saturated carbocycles. The first kappa shape index (κ1) is 15.4. The third-order valence-corrected chi connectivity index (χ3v) is 5.12. The van der Waals surface area contributed by atoms with Crippen molar-refractivity contribution < 1.29 is 4.79 Å². The molecule has 1 unspecified atom stereocenters. The van der Waals surface area contributed by atoms with Gasteiger partial charge in [0.25, 0.3) is 0 Å². The molecule has 3 rings (SSSR count). The van der Waals surface area contributed by atoms with Crippen LogP contribution in [0.5, 0.6) is 0 Å². The van der Waals surface area contributed by atoms with E-state index in [9.17, 15) is 4.79 Å². The van der Waals surface area contributed by atoms with Crippen molar-refractivity contribution in [2.45, 2.75) is 25.4 Å². The third-order valence-electron chi connectivity index (χ3n) is 3.90. The zero-order chi connectivity index (χ0) is 15.5. The number of rotatable bonds is 5. The number of hydrogen-bond donors (Lipinski definition) is 1. The predicted octanol–water partition coefficient (Wildman–Crippen LogP) is 4.69. The molecule has 116 valence electrons. The lowest BCUT2D eigenvalue weighted by Gasteiger charge is -2.23. The molecule has 0 bridgehead atoms. The molecule has 0 radical (unpaired) electrons. The van der Waals surface area contributed by atoms with Gasteiger partial charge in [0.15, 0.2) is 0 Å². The molecule has 2 amide bonds. The number of thiophene rings is 1. The van der Waals surface area contributed by atoms with E-state index in [4.69, 9.17) is 11.6 Å². The number of urea groups is 1. The summed E-state index contributed by atoms with van der Waals surface area (Å²) in [6, 6.07) is 14.1.